The Morgan fingerprint density at radius 1 is 1.11 bits per heavy atom. The number of imidazole rings is 1. The summed E-state index contributed by atoms with van der Waals surface area (Å²) in [6.45, 7) is 11.4. The molecule has 36 heavy (non-hydrogen) atoms. The monoisotopic (exact) mass is 493 g/mol. The highest BCUT2D eigenvalue weighted by Gasteiger charge is 2.42. The Kier molecular flexibility index (Phi) is 8.34. The summed E-state index contributed by atoms with van der Waals surface area (Å²) >= 11 is 0. The Balaban J connectivity index is 1.31. The maximum Gasteiger partial charge on any atom is 0.137 e. The second kappa shape index (κ2) is 11.5. The van der Waals surface area contributed by atoms with Gasteiger partial charge in [0.05, 0.1) is 12.7 Å². The highest BCUT2D eigenvalue weighted by Crippen LogP contribution is 2.28. The number of hydrogen-bond donors (Lipinski definition) is 2. The van der Waals surface area contributed by atoms with Gasteiger partial charge in [-0.1, -0.05) is 18.2 Å². The Labute approximate surface area is 214 Å². The molecule has 1 saturated heterocycles. The van der Waals surface area contributed by atoms with E-state index >= 15 is 0 Å². The minimum atomic E-state index is -1.33. The fourth-order valence-electron chi connectivity index (χ4n) is 4.83. The van der Waals surface area contributed by atoms with E-state index in [-0.39, 0.29) is 6.61 Å². The summed E-state index contributed by atoms with van der Waals surface area (Å²) < 4.78 is 14.2. The summed E-state index contributed by atoms with van der Waals surface area (Å²) in [7, 11) is 0. The van der Waals surface area contributed by atoms with E-state index in [1.165, 1.54) is 0 Å². The van der Waals surface area contributed by atoms with Crippen LogP contribution in [0.1, 0.15) is 40.9 Å². The van der Waals surface area contributed by atoms with Gasteiger partial charge < -0.3 is 24.3 Å². The van der Waals surface area contributed by atoms with Gasteiger partial charge in [0.15, 0.2) is 0 Å². The molecule has 0 saturated carbocycles. The number of aliphatic hydroxyl groups is 2. The summed E-state index contributed by atoms with van der Waals surface area (Å²) in [5.41, 5.74) is 3.11. The van der Waals surface area contributed by atoms with Crippen LogP contribution in [0.2, 0.25) is 0 Å². The number of aromatic nitrogens is 2. The van der Waals surface area contributed by atoms with Crippen molar-refractivity contribution in [2.24, 2.45) is 0 Å². The predicted octanol–water partition coefficient (Wildman–Crippen LogP) is 3.96. The molecule has 0 radical (unpaired) electrons. The van der Waals surface area contributed by atoms with Gasteiger partial charge in [0, 0.05) is 38.6 Å². The second-order valence-electron chi connectivity index (χ2n) is 10.1. The van der Waals surface area contributed by atoms with Crippen LogP contribution in [0.5, 0.6) is 11.5 Å². The number of likely N-dealkylation sites (tertiary alicyclic amines) is 1. The maximum atomic E-state index is 11.3. The first-order valence-corrected chi connectivity index (χ1v) is 12.8. The molecule has 1 aliphatic rings. The highest BCUT2D eigenvalue weighted by molar-refractivity contribution is 5.42. The molecule has 7 heteroatoms. The third-order valence-corrected chi connectivity index (χ3v) is 7.12. The Hall–Kier alpha value is -2.87. The molecule has 2 N–H and O–H groups in total. The van der Waals surface area contributed by atoms with Crippen molar-refractivity contribution in [1.82, 2.24) is 14.5 Å². The molecule has 1 aromatic heterocycles. The van der Waals surface area contributed by atoms with E-state index in [1.807, 2.05) is 51.4 Å². The largest absolute Gasteiger partial charge is 0.494 e. The van der Waals surface area contributed by atoms with Crippen molar-refractivity contribution in [3.8, 4) is 11.5 Å². The van der Waals surface area contributed by atoms with E-state index in [1.54, 1.807) is 0 Å². The molecule has 2 atom stereocenters. The molecular weight excluding hydrogens is 454 g/mol. The van der Waals surface area contributed by atoms with Gasteiger partial charge in [0.1, 0.15) is 29.5 Å². The minimum absolute atomic E-state index is 0.0495. The highest BCUT2D eigenvalue weighted by atomic mass is 16.5. The lowest BCUT2D eigenvalue weighted by atomic mass is 9.90. The standard InChI is InChI=1S/C29H39N3O4/c1-21-15-22(2)23(3)27(16-21)36-20-29(34)19-31(12-9-28(29)33)18-25-7-5-8-26(17-25)35-14-6-11-32-13-10-30-24(32)4/h5,7-8,10,13,15-17,28,33-34H,6,9,11-12,14,18-20H2,1-4H3/t28-,29-/m0/s1. The van der Waals surface area contributed by atoms with Crippen LogP contribution in [0.15, 0.2) is 48.8 Å². The molecule has 2 aromatic carbocycles. The lowest BCUT2D eigenvalue weighted by Crippen LogP contribution is -2.59. The first kappa shape index (κ1) is 26.2. The Morgan fingerprint density at radius 2 is 1.94 bits per heavy atom. The molecule has 0 amide bonds. The molecule has 1 aliphatic heterocycles. The van der Waals surface area contributed by atoms with Crippen molar-refractivity contribution in [3.05, 3.63) is 76.9 Å². The zero-order valence-electron chi connectivity index (χ0n) is 21.9. The number of benzene rings is 2. The molecule has 7 nitrogen and oxygen atoms in total. The molecular formula is C29H39N3O4. The van der Waals surface area contributed by atoms with Crippen LogP contribution in [0.4, 0.5) is 0 Å². The normalized spacial score (nSPS) is 20.4. The van der Waals surface area contributed by atoms with Gasteiger partial charge in [-0.3, -0.25) is 4.90 Å². The zero-order chi connectivity index (χ0) is 25.7. The summed E-state index contributed by atoms with van der Waals surface area (Å²) in [5, 5.41) is 22.0. The third-order valence-electron chi connectivity index (χ3n) is 7.12. The van der Waals surface area contributed by atoms with Crippen molar-refractivity contribution in [2.45, 2.75) is 65.3 Å². The van der Waals surface area contributed by atoms with Gasteiger partial charge in [0.25, 0.3) is 0 Å². The average molecular weight is 494 g/mol. The van der Waals surface area contributed by atoms with E-state index in [2.05, 4.69) is 39.6 Å². The molecule has 2 heterocycles. The molecule has 3 aromatic rings. The van der Waals surface area contributed by atoms with Crippen LogP contribution in [-0.2, 0) is 13.1 Å². The molecule has 0 bridgehead atoms. The Bertz CT molecular complexity index is 1160. The summed E-state index contributed by atoms with van der Waals surface area (Å²) in [4.78, 5) is 6.42. The second-order valence-corrected chi connectivity index (χ2v) is 10.1. The van der Waals surface area contributed by atoms with E-state index in [9.17, 15) is 10.2 Å². The van der Waals surface area contributed by atoms with Gasteiger partial charge in [-0.05, 0) is 81.0 Å². The van der Waals surface area contributed by atoms with Gasteiger partial charge in [0.2, 0.25) is 0 Å². The van der Waals surface area contributed by atoms with Crippen LogP contribution in [0.3, 0.4) is 0 Å². The number of rotatable bonds is 10. The van der Waals surface area contributed by atoms with Crippen LogP contribution in [0, 0.1) is 27.7 Å². The molecule has 4 rings (SSSR count). The molecule has 0 spiro atoms. The van der Waals surface area contributed by atoms with Crippen molar-refractivity contribution < 1.29 is 19.7 Å². The smallest absolute Gasteiger partial charge is 0.137 e. The number of ether oxygens (including phenoxy) is 2. The maximum absolute atomic E-state index is 11.3. The number of nitrogens with zero attached hydrogens (tertiary/aromatic N) is 3. The molecule has 0 aliphatic carbocycles. The van der Waals surface area contributed by atoms with Crippen molar-refractivity contribution in [1.29, 1.82) is 0 Å². The van der Waals surface area contributed by atoms with E-state index in [4.69, 9.17) is 9.47 Å². The molecule has 0 unspecified atom stereocenters. The van der Waals surface area contributed by atoms with Crippen molar-refractivity contribution >= 4 is 0 Å². The lowest BCUT2D eigenvalue weighted by molar-refractivity contribution is -0.140. The van der Waals surface area contributed by atoms with E-state index in [0.29, 0.717) is 32.7 Å². The first-order chi connectivity index (χ1) is 17.2. The number of aliphatic hydroxyl groups excluding tert-OH is 1. The van der Waals surface area contributed by atoms with Gasteiger partial charge >= 0.3 is 0 Å². The summed E-state index contributed by atoms with van der Waals surface area (Å²) in [5.74, 6) is 2.62. The fourth-order valence-corrected chi connectivity index (χ4v) is 4.83. The van der Waals surface area contributed by atoms with Gasteiger partial charge in [-0.15, -0.1) is 0 Å². The van der Waals surface area contributed by atoms with Crippen LogP contribution < -0.4 is 9.47 Å². The van der Waals surface area contributed by atoms with Gasteiger partial charge in [-0.25, -0.2) is 4.98 Å². The molecule has 1 fully saturated rings. The zero-order valence-corrected chi connectivity index (χ0v) is 21.9. The van der Waals surface area contributed by atoms with Gasteiger partial charge in [-0.2, -0.15) is 0 Å². The topological polar surface area (TPSA) is 80.0 Å². The van der Waals surface area contributed by atoms with Crippen molar-refractivity contribution in [3.63, 3.8) is 0 Å². The predicted molar refractivity (Wildman–Crippen MR) is 141 cm³/mol. The van der Waals surface area contributed by atoms with Crippen LogP contribution in [-0.4, -0.2) is 62.7 Å². The first-order valence-electron chi connectivity index (χ1n) is 12.8. The van der Waals surface area contributed by atoms with Crippen molar-refractivity contribution in [2.75, 3.05) is 26.3 Å². The number of piperidine rings is 1. The quantitative estimate of drug-likeness (QED) is 0.416. The lowest BCUT2D eigenvalue weighted by Gasteiger charge is -2.42. The number of β-amino-alcohol motifs (C(OH)–C–C–N with tert-alkyl or cyclic N) is 1. The van der Waals surface area contributed by atoms with Crippen LogP contribution >= 0.6 is 0 Å². The van der Waals surface area contributed by atoms with Crippen LogP contribution in [0.25, 0.3) is 0 Å². The fraction of sp³-hybridized carbons (Fsp3) is 0.483. The third kappa shape index (κ3) is 6.46. The summed E-state index contributed by atoms with van der Waals surface area (Å²) in [6, 6.07) is 12.2. The van der Waals surface area contributed by atoms with E-state index < -0.39 is 11.7 Å². The number of aryl methyl sites for hydroxylation is 4. The Morgan fingerprint density at radius 3 is 2.72 bits per heavy atom. The minimum Gasteiger partial charge on any atom is -0.494 e. The van der Waals surface area contributed by atoms with E-state index in [0.717, 1.165) is 52.5 Å². The average Bonchev–Trinajstić information content (AvgIpc) is 3.25. The SMILES string of the molecule is Cc1cc(C)c(C)c(OC[C@@]2(O)CN(Cc3cccc(OCCCn4ccnc4C)c3)CC[C@@H]2O)c1. The summed E-state index contributed by atoms with van der Waals surface area (Å²) in [6.07, 6.45) is 4.37. The molecule has 194 valence electrons. The number of hydrogen-bond acceptors (Lipinski definition) is 6.